The average Bonchev–Trinajstić information content (AvgIpc) is 3.59. The maximum Gasteiger partial charge on any atom is 0.266 e. The number of hydrogen-bond acceptors (Lipinski definition) is 9. The van der Waals surface area contributed by atoms with E-state index >= 15 is 0 Å². The number of aliphatic hydroxyl groups excluding tert-OH is 1. The molecule has 0 aliphatic carbocycles. The van der Waals surface area contributed by atoms with Crippen LogP contribution in [0.5, 0.6) is 17.2 Å². The van der Waals surface area contributed by atoms with Gasteiger partial charge in [-0.05, 0) is 69.7 Å². The molecule has 12 nitrogen and oxygen atoms in total. The first-order chi connectivity index (χ1) is 26.0. The van der Waals surface area contributed by atoms with Gasteiger partial charge in [-0.25, -0.2) is 10.4 Å². The Bertz CT molecular complexity index is 2060. The second kappa shape index (κ2) is 17.3. The van der Waals surface area contributed by atoms with Crippen molar-refractivity contribution in [2.24, 2.45) is 10.1 Å². The number of nitrogens with zero attached hydrogens (tertiary/aromatic N) is 4. The lowest BCUT2D eigenvalue weighted by atomic mass is 9.81. The minimum absolute atomic E-state index is 0.0337. The summed E-state index contributed by atoms with van der Waals surface area (Å²) in [5, 5.41) is 13.1. The number of benzene rings is 5. The first-order valence-electron chi connectivity index (χ1n) is 17.1. The molecule has 1 aliphatic rings. The Kier molecular flexibility index (Phi) is 11.9. The first-order valence-corrected chi connectivity index (χ1v) is 17.1. The van der Waals surface area contributed by atoms with Crippen LogP contribution < -0.4 is 25.1 Å². The highest BCUT2D eigenvalue weighted by Gasteiger charge is 2.53. The Labute approximate surface area is 307 Å². The zero-order valence-electron chi connectivity index (χ0n) is 29.4. The van der Waals surface area contributed by atoms with Crippen LogP contribution in [0.2, 0.25) is 0 Å². The average molecular weight is 713 g/mol. The van der Waals surface area contributed by atoms with E-state index in [1.54, 1.807) is 44.6 Å². The highest BCUT2D eigenvalue weighted by Crippen LogP contribution is 2.44. The number of hydrogen-bond donors (Lipinski definition) is 3. The molecule has 2 atom stereocenters. The zero-order chi connectivity index (χ0) is 37.0. The predicted octanol–water partition coefficient (Wildman–Crippen LogP) is 7.39. The maximum absolute atomic E-state index is 14.8. The Balaban J connectivity index is 1.41. The number of amides is 1. The minimum Gasteiger partial charge on any atom is -0.497 e. The molecule has 270 valence electrons. The number of carbonyl (C=O) groups is 1. The van der Waals surface area contributed by atoms with E-state index < -0.39 is 17.6 Å². The van der Waals surface area contributed by atoms with Crippen molar-refractivity contribution in [1.29, 1.82) is 0 Å². The predicted molar refractivity (Wildman–Crippen MR) is 202 cm³/mol. The number of hydrazine groups is 1. The summed E-state index contributed by atoms with van der Waals surface area (Å²) < 4.78 is 23.3. The molecule has 53 heavy (non-hydrogen) atoms. The van der Waals surface area contributed by atoms with E-state index in [-0.39, 0.29) is 25.5 Å². The molecule has 0 radical (unpaired) electrons. The van der Waals surface area contributed by atoms with E-state index in [4.69, 9.17) is 29.0 Å². The third-order valence-corrected chi connectivity index (χ3v) is 8.86. The van der Waals surface area contributed by atoms with Crippen molar-refractivity contribution in [3.8, 4) is 28.4 Å². The molecule has 0 unspecified atom stereocenters. The van der Waals surface area contributed by atoms with E-state index in [1.807, 2.05) is 91.0 Å². The molecule has 6 rings (SSSR count). The summed E-state index contributed by atoms with van der Waals surface area (Å²) in [7, 11) is 3.15. The summed E-state index contributed by atoms with van der Waals surface area (Å²) in [5.41, 5.74) is 19.0. The number of aliphatic hydroxyl groups is 1. The molecule has 0 fully saturated rings. The van der Waals surface area contributed by atoms with Crippen molar-refractivity contribution in [2.45, 2.75) is 31.0 Å². The normalized spacial score (nSPS) is 16.1. The summed E-state index contributed by atoms with van der Waals surface area (Å²) >= 11 is 0. The van der Waals surface area contributed by atoms with Gasteiger partial charge < -0.3 is 24.1 Å². The van der Waals surface area contributed by atoms with Crippen molar-refractivity contribution in [3.63, 3.8) is 0 Å². The quantitative estimate of drug-likeness (QED) is 0.0316. The van der Waals surface area contributed by atoms with Gasteiger partial charge >= 0.3 is 0 Å². The van der Waals surface area contributed by atoms with Gasteiger partial charge in [0.2, 0.25) is 5.90 Å². The lowest BCUT2D eigenvalue weighted by Gasteiger charge is -2.31. The molecule has 0 aromatic heterocycles. The van der Waals surface area contributed by atoms with Gasteiger partial charge in [0, 0.05) is 48.2 Å². The van der Waals surface area contributed by atoms with Gasteiger partial charge in [0.05, 0.1) is 20.8 Å². The molecule has 0 spiro atoms. The van der Waals surface area contributed by atoms with E-state index in [0.717, 1.165) is 22.3 Å². The fourth-order valence-corrected chi connectivity index (χ4v) is 6.16. The van der Waals surface area contributed by atoms with Crippen LogP contribution in [-0.4, -0.2) is 49.9 Å². The molecule has 1 amide bonds. The van der Waals surface area contributed by atoms with Crippen LogP contribution in [0.1, 0.15) is 34.8 Å². The number of aliphatic imine (C=N–C) groups is 1. The number of azide groups is 1. The highest BCUT2D eigenvalue weighted by molar-refractivity contribution is 6.01. The SMILES string of the molecule is COc1cc(CNNC(=O)[C@@]2(Cc3ccccc3N=[N+]=[N-])N=C(c3ccc(OCCCO)cc3)O[C@H]2c2ccc(-c3ccccc3)cc2)cc(OC)c1. The highest BCUT2D eigenvalue weighted by atomic mass is 16.5. The van der Waals surface area contributed by atoms with Crippen molar-refractivity contribution in [3.05, 3.63) is 154 Å². The molecule has 5 aromatic rings. The van der Waals surface area contributed by atoms with Gasteiger partial charge in [-0.15, -0.1) is 0 Å². The zero-order valence-corrected chi connectivity index (χ0v) is 29.4. The second-order valence-electron chi connectivity index (χ2n) is 12.3. The number of rotatable bonds is 16. The molecule has 1 aliphatic heterocycles. The molecule has 0 bridgehead atoms. The maximum atomic E-state index is 14.8. The monoisotopic (exact) mass is 712 g/mol. The molecule has 1 heterocycles. The smallest absolute Gasteiger partial charge is 0.266 e. The first kappa shape index (κ1) is 36.5. The van der Waals surface area contributed by atoms with Gasteiger partial charge in [0.25, 0.3) is 5.91 Å². The summed E-state index contributed by atoms with van der Waals surface area (Å²) in [6.45, 7) is 0.653. The molecule has 0 saturated carbocycles. The van der Waals surface area contributed by atoms with Crippen LogP contribution in [0, 0.1) is 0 Å². The third kappa shape index (κ3) is 8.59. The Hall–Kier alpha value is -6.33. The van der Waals surface area contributed by atoms with Crippen LogP contribution in [0.4, 0.5) is 5.69 Å². The van der Waals surface area contributed by atoms with Gasteiger partial charge in [-0.3, -0.25) is 10.2 Å². The fourth-order valence-electron chi connectivity index (χ4n) is 6.16. The fraction of sp³-hybridized carbons (Fsp3) is 0.220. The van der Waals surface area contributed by atoms with Crippen LogP contribution in [0.3, 0.4) is 0 Å². The molecule has 0 saturated heterocycles. The van der Waals surface area contributed by atoms with Crippen molar-refractivity contribution in [2.75, 3.05) is 27.4 Å². The Morgan fingerprint density at radius 3 is 2.21 bits per heavy atom. The third-order valence-electron chi connectivity index (χ3n) is 8.86. The summed E-state index contributed by atoms with van der Waals surface area (Å²) in [6.07, 6.45) is -0.336. The molecular formula is C41H40N6O6. The minimum atomic E-state index is -1.57. The van der Waals surface area contributed by atoms with Crippen molar-refractivity contribution in [1.82, 2.24) is 10.9 Å². The molecule has 12 heteroatoms. The van der Waals surface area contributed by atoms with Crippen LogP contribution >= 0.6 is 0 Å². The van der Waals surface area contributed by atoms with E-state index in [9.17, 15) is 10.3 Å². The number of carbonyl (C=O) groups excluding carboxylic acids is 1. The van der Waals surface area contributed by atoms with Crippen LogP contribution in [0.15, 0.2) is 131 Å². The van der Waals surface area contributed by atoms with Crippen molar-refractivity contribution < 1.29 is 28.8 Å². The van der Waals surface area contributed by atoms with E-state index in [2.05, 4.69) is 20.9 Å². The topological polar surface area (TPSA) is 159 Å². The number of ether oxygens (including phenoxy) is 4. The summed E-state index contributed by atoms with van der Waals surface area (Å²) in [4.78, 5) is 22.9. The molecule has 3 N–H and O–H groups in total. The summed E-state index contributed by atoms with van der Waals surface area (Å²) in [6, 6.07) is 37.7. The lowest BCUT2D eigenvalue weighted by Crippen LogP contribution is -2.53. The summed E-state index contributed by atoms with van der Waals surface area (Å²) in [5.74, 6) is 1.65. The van der Waals surface area contributed by atoms with Gasteiger partial charge in [0.1, 0.15) is 17.2 Å². The van der Waals surface area contributed by atoms with E-state index in [0.29, 0.717) is 47.1 Å². The van der Waals surface area contributed by atoms with Gasteiger partial charge in [-0.1, -0.05) is 84.0 Å². The van der Waals surface area contributed by atoms with Gasteiger partial charge in [-0.2, -0.15) is 0 Å². The largest absolute Gasteiger partial charge is 0.497 e. The second-order valence-corrected chi connectivity index (χ2v) is 12.3. The standard InChI is InChI=1S/C41H40N6O6/c1-50-35-23-28(24-36(25-35)51-2)27-43-46-40(49)41(26-33-11-6-7-12-37(33)45-47-42)38(31-15-13-30(14-16-31)29-9-4-3-5-10-29)53-39(44-41)32-17-19-34(20-18-32)52-22-8-21-48/h3-7,9-20,23-25,38,43,48H,8,21-22,26-27H2,1-2H3,(H,46,49)/t38-,41-/m0/s1. The Morgan fingerprint density at radius 1 is 0.868 bits per heavy atom. The van der Waals surface area contributed by atoms with Gasteiger partial charge in [0.15, 0.2) is 11.6 Å². The van der Waals surface area contributed by atoms with Crippen LogP contribution in [-0.2, 0) is 22.5 Å². The van der Waals surface area contributed by atoms with E-state index in [1.165, 1.54) is 0 Å². The van der Waals surface area contributed by atoms with Crippen molar-refractivity contribution >= 4 is 17.5 Å². The molecule has 5 aromatic carbocycles. The lowest BCUT2D eigenvalue weighted by molar-refractivity contribution is -0.130. The number of methoxy groups -OCH3 is 2. The number of nitrogens with one attached hydrogen (secondary N) is 2. The molecular weight excluding hydrogens is 672 g/mol. The Morgan fingerprint density at radius 2 is 1.53 bits per heavy atom. The van der Waals surface area contributed by atoms with Crippen LogP contribution in [0.25, 0.3) is 21.6 Å².